The summed E-state index contributed by atoms with van der Waals surface area (Å²) in [6.45, 7) is 4.64. The summed E-state index contributed by atoms with van der Waals surface area (Å²) in [6.07, 6.45) is 10.8. The van der Waals surface area contributed by atoms with E-state index in [1.807, 2.05) is 12.1 Å². The average Bonchev–Trinajstić information content (AvgIpc) is 2.48. The monoisotopic (exact) mass is 276 g/mol. The fraction of sp³-hybridized carbons (Fsp3) is 0.684. The summed E-state index contributed by atoms with van der Waals surface area (Å²) < 4.78 is 13.0. The average molecular weight is 276 g/mol. The molecule has 2 rings (SSSR count). The van der Waals surface area contributed by atoms with Crippen LogP contribution in [-0.2, 0) is 0 Å². The van der Waals surface area contributed by atoms with Crippen molar-refractivity contribution in [2.45, 2.75) is 71.1 Å². The molecule has 1 atom stereocenters. The standard InChI is InChI=1S/C19H29F/c1-3-5-15(4-2)14-16-6-8-17(9-7-16)18-10-12-19(20)13-11-18/h10-13,15-17H,3-9,14H2,1-2H3/t15?,16-,17-. The van der Waals surface area contributed by atoms with Crippen LogP contribution in [0.15, 0.2) is 24.3 Å². The Hall–Kier alpha value is -0.850. The van der Waals surface area contributed by atoms with Crippen molar-refractivity contribution in [3.8, 4) is 0 Å². The molecule has 0 N–H and O–H groups in total. The molecule has 0 spiro atoms. The second-order valence-electron chi connectivity index (χ2n) is 6.57. The van der Waals surface area contributed by atoms with Gasteiger partial charge in [-0.15, -0.1) is 0 Å². The zero-order valence-electron chi connectivity index (χ0n) is 13.1. The molecule has 0 saturated heterocycles. The van der Waals surface area contributed by atoms with Crippen LogP contribution in [0.4, 0.5) is 4.39 Å². The van der Waals surface area contributed by atoms with Gasteiger partial charge in [0.05, 0.1) is 0 Å². The third kappa shape index (κ3) is 4.33. The van der Waals surface area contributed by atoms with Crippen LogP contribution in [0.2, 0.25) is 0 Å². The summed E-state index contributed by atoms with van der Waals surface area (Å²) in [5.74, 6) is 2.42. The first-order valence-corrected chi connectivity index (χ1v) is 8.48. The third-order valence-corrected chi connectivity index (χ3v) is 5.13. The van der Waals surface area contributed by atoms with Gasteiger partial charge in [0, 0.05) is 0 Å². The summed E-state index contributed by atoms with van der Waals surface area (Å²) in [7, 11) is 0. The Labute approximate surface area is 123 Å². The number of halogens is 1. The second-order valence-corrected chi connectivity index (χ2v) is 6.57. The molecular formula is C19H29F. The van der Waals surface area contributed by atoms with Crippen LogP contribution in [0.25, 0.3) is 0 Å². The lowest BCUT2D eigenvalue weighted by atomic mass is 9.75. The number of hydrogen-bond donors (Lipinski definition) is 0. The number of rotatable bonds is 6. The highest BCUT2D eigenvalue weighted by Crippen LogP contribution is 2.39. The predicted octanol–water partition coefficient (Wildman–Crippen LogP) is 6.32. The normalized spacial score (nSPS) is 24.6. The molecule has 0 radical (unpaired) electrons. The van der Waals surface area contributed by atoms with E-state index in [9.17, 15) is 4.39 Å². The van der Waals surface area contributed by atoms with Gasteiger partial charge in [0.25, 0.3) is 0 Å². The van der Waals surface area contributed by atoms with Gasteiger partial charge in [-0.2, -0.15) is 0 Å². The molecule has 0 nitrogen and oxygen atoms in total. The first kappa shape index (κ1) is 15.5. The molecule has 0 aliphatic heterocycles. The maximum Gasteiger partial charge on any atom is 0.123 e. The van der Waals surface area contributed by atoms with E-state index in [-0.39, 0.29) is 5.82 Å². The van der Waals surface area contributed by atoms with Crippen molar-refractivity contribution in [2.75, 3.05) is 0 Å². The molecule has 1 unspecified atom stereocenters. The van der Waals surface area contributed by atoms with Gasteiger partial charge in [-0.05, 0) is 67.6 Å². The van der Waals surface area contributed by atoms with E-state index in [0.717, 1.165) is 11.8 Å². The summed E-state index contributed by atoms with van der Waals surface area (Å²) in [6, 6.07) is 7.17. The van der Waals surface area contributed by atoms with Crippen molar-refractivity contribution in [3.63, 3.8) is 0 Å². The largest absolute Gasteiger partial charge is 0.207 e. The lowest BCUT2D eigenvalue weighted by molar-refractivity contribution is 0.257. The SMILES string of the molecule is CCCC(CC)C[C@H]1CC[C@H](c2ccc(F)cc2)CC1. The molecule has 1 saturated carbocycles. The highest BCUT2D eigenvalue weighted by atomic mass is 19.1. The summed E-state index contributed by atoms with van der Waals surface area (Å²) in [5, 5.41) is 0. The zero-order chi connectivity index (χ0) is 14.4. The number of benzene rings is 1. The van der Waals surface area contributed by atoms with Crippen LogP contribution in [0, 0.1) is 17.7 Å². The molecule has 1 aliphatic rings. The van der Waals surface area contributed by atoms with Gasteiger partial charge in [-0.25, -0.2) is 4.39 Å². The minimum atomic E-state index is -0.118. The van der Waals surface area contributed by atoms with Crippen LogP contribution >= 0.6 is 0 Å². The molecular weight excluding hydrogens is 247 g/mol. The minimum absolute atomic E-state index is 0.118. The van der Waals surface area contributed by atoms with Gasteiger partial charge < -0.3 is 0 Å². The molecule has 1 aromatic rings. The fourth-order valence-corrected chi connectivity index (χ4v) is 3.83. The summed E-state index contributed by atoms with van der Waals surface area (Å²) in [5.41, 5.74) is 1.34. The first-order valence-electron chi connectivity index (χ1n) is 8.48. The molecule has 0 heterocycles. The van der Waals surface area contributed by atoms with Gasteiger partial charge in [-0.1, -0.05) is 45.2 Å². The van der Waals surface area contributed by atoms with Crippen LogP contribution in [0.3, 0.4) is 0 Å². The molecule has 0 amide bonds. The Morgan fingerprint density at radius 2 is 1.70 bits per heavy atom. The Morgan fingerprint density at radius 3 is 2.25 bits per heavy atom. The predicted molar refractivity (Wildman–Crippen MR) is 84.4 cm³/mol. The van der Waals surface area contributed by atoms with Crippen LogP contribution in [0.5, 0.6) is 0 Å². The maximum absolute atomic E-state index is 13.0. The molecule has 0 bridgehead atoms. The Balaban J connectivity index is 1.81. The summed E-state index contributed by atoms with van der Waals surface area (Å²) in [4.78, 5) is 0. The molecule has 112 valence electrons. The maximum atomic E-state index is 13.0. The van der Waals surface area contributed by atoms with Gasteiger partial charge in [0.1, 0.15) is 5.82 Å². The van der Waals surface area contributed by atoms with Gasteiger partial charge in [-0.3, -0.25) is 0 Å². The van der Waals surface area contributed by atoms with Crippen LogP contribution < -0.4 is 0 Å². The van der Waals surface area contributed by atoms with E-state index in [1.54, 1.807) is 12.1 Å². The van der Waals surface area contributed by atoms with E-state index in [2.05, 4.69) is 13.8 Å². The van der Waals surface area contributed by atoms with E-state index < -0.39 is 0 Å². The van der Waals surface area contributed by atoms with Crippen LogP contribution in [0.1, 0.15) is 76.7 Å². The van der Waals surface area contributed by atoms with Crippen molar-refractivity contribution < 1.29 is 4.39 Å². The van der Waals surface area contributed by atoms with Crippen molar-refractivity contribution in [2.24, 2.45) is 11.8 Å². The van der Waals surface area contributed by atoms with E-state index in [4.69, 9.17) is 0 Å². The topological polar surface area (TPSA) is 0 Å². The van der Waals surface area contributed by atoms with Crippen molar-refractivity contribution >= 4 is 0 Å². The lowest BCUT2D eigenvalue weighted by Gasteiger charge is -2.31. The molecule has 1 aromatic carbocycles. The molecule has 1 fully saturated rings. The van der Waals surface area contributed by atoms with Crippen molar-refractivity contribution in [1.82, 2.24) is 0 Å². The molecule has 20 heavy (non-hydrogen) atoms. The van der Waals surface area contributed by atoms with Crippen molar-refractivity contribution in [3.05, 3.63) is 35.6 Å². The molecule has 0 aromatic heterocycles. The molecule has 1 heteroatoms. The highest BCUT2D eigenvalue weighted by molar-refractivity contribution is 5.20. The van der Waals surface area contributed by atoms with Gasteiger partial charge >= 0.3 is 0 Å². The summed E-state index contributed by atoms with van der Waals surface area (Å²) >= 11 is 0. The quantitative estimate of drug-likeness (QED) is 0.570. The van der Waals surface area contributed by atoms with Crippen LogP contribution in [-0.4, -0.2) is 0 Å². The van der Waals surface area contributed by atoms with Gasteiger partial charge in [0.15, 0.2) is 0 Å². The second kappa shape index (κ2) is 7.81. The van der Waals surface area contributed by atoms with E-state index in [0.29, 0.717) is 5.92 Å². The van der Waals surface area contributed by atoms with E-state index in [1.165, 1.54) is 56.9 Å². The Morgan fingerprint density at radius 1 is 1.05 bits per heavy atom. The highest BCUT2D eigenvalue weighted by Gasteiger charge is 2.24. The van der Waals surface area contributed by atoms with Crippen molar-refractivity contribution in [1.29, 1.82) is 0 Å². The van der Waals surface area contributed by atoms with Gasteiger partial charge in [0.2, 0.25) is 0 Å². The number of hydrogen-bond acceptors (Lipinski definition) is 0. The zero-order valence-corrected chi connectivity index (χ0v) is 13.1. The first-order chi connectivity index (χ1) is 9.72. The minimum Gasteiger partial charge on any atom is -0.207 e. The molecule has 1 aliphatic carbocycles. The smallest absolute Gasteiger partial charge is 0.123 e. The Kier molecular flexibility index (Phi) is 6.06. The van der Waals surface area contributed by atoms with E-state index >= 15 is 0 Å². The lowest BCUT2D eigenvalue weighted by Crippen LogP contribution is -2.16. The third-order valence-electron chi connectivity index (χ3n) is 5.13. The Bertz CT molecular complexity index is 373. The fourth-order valence-electron chi connectivity index (χ4n) is 3.83.